The third-order valence-electron chi connectivity index (χ3n) is 2.40. The zero-order valence-electron chi connectivity index (χ0n) is 8.76. The highest BCUT2D eigenvalue weighted by atomic mass is 19.1. The highest BCUT2D eigenvalue weighted by Crippen LogP contribution is 2.27. The fourth-order valence-corrected chi connectivity index (χ4v) is 1.69. The summed E-state index contributed by atoms with van der Waals surface area (Å²) in [7, 11) is 0. The first-order valence-electron chi connectivity index (χ1n) is 5.07. The number of halogens is 2. The van der Waals surface area contributed by atoms with E-state index in [9.17, 15) is 8.78 Å². The molecule has 0 aromatic heterocycles. The normalized spacial score (nSPS) is 12.1. The van der Waals surface area contributed by atoms with Crippen molar-refractivity contribution in [3.63, 3.8) is 0 Å². The Morgan fingerprint density at radius 3 is 2.73 bits per heavy atom. The van der Waals surface area contributed by atoms with E-state index in [4.69, 9.17) is 6.42 Å². The molecule has 1 atom stereocenters. The third kappa shape index (κ3) is 3.06. The maximum atomic E-state index is 13.4. The highest BCUT2D eigenvalue weighted by Gasteiger charge is 2.14. The summed E-state index contributed by atoms with van der Waals surface area (Å²) in [5.41, 5.74) is 0.398. The smallest absolute Gasteiger partial charge is 0.126 e. The van der Waals surface area contributed by atoms with Crippen LogP contribution in [0.5, 0.6) is 0 Å². The summed E-state index contributed by atoms with van der Waals surface area (Å²) < 4.78 is 26.4. The number of rotatable bonds is 4. The van der Waals surface area contributed by atoms with Crippen molar-refractivity contribution in [2.45, 2.75) is 32.1 Å². The zero-order chi connectivity index (χ0) is 11.3. The van der Waals surface area contributed by atoms with Gasteiger partial charge in [0.2, 0.25) is 0 Å². The van der Waals surface area contributed by atoms with Crippen LogP contribution in [0.15, 0.2) is 18.2 Å². The summed E-state index contributed by atoms with van der Waals surface area (Å²) in [6.45, 7) is 2.00. The molecule has 0 saturated carbocycles. The van der Waals surface area contributed by atoms with E-state index in [1.165, 1.54) is 6.07 Å². The van der Waals surface area contributed by atoms with Gasteiger partial charge in [-0.2, -0.15) is 0 Å². The molecule has 0 N–H and O–H groups in total. The average Bonchev–Trinajstić information content (AvgIpc) is 2.21. The molecule has 0 heterocycles. The topological polar surface area (TPSA) is 0 Å². The van der Waals surface area contributed by atoms with Crippen molar-refractivity contribution < 1.29 is 8.78 Å². The lowest BCUT2D eigenvalue weighted by Crippen LogP contribution is -2.01. The predicted octanol–water partition coefficient (Wildman–Crippen LogP) is 3.87. The van der Waals surface area contributed by atoms with Gasteiger partial charge in [-0.1, -0.05) is 13.3 Å². The van der Waals surface area contributed by atoms with Crippen molar-refractivity contribution >= 4 is 0 Å². The van der Waals surface area contributed by atoms with E-state index in [0.717, 1.165) is 25.0 Å². The lowest BCUT2D eigenvalue weighted by Gasteiger charge is -2.14. The van der Waals surface area contributed by atoms with Crippen LogP contribution in [0.4, 0.5) is 8.78 Å². The average molecular weight is 208 g/mol. The molecule has 1 unspecified atom stereocenters. The fourth-order valence-electron chi connectivity index (χ4n) is 1.69. The van der Waals surface area contributed by atoms with Gasteiger partial charge >= 0.3 is 0 Å². The molecule has 1 aromatic carbocycles. The molecule has 0 bridgehead atoms. The second-order valence-corrected chi connectivity index (χ2v) is 3.56. The Kier molecular flexibility index (Phi) is 4.30. The molecule has 2 heteroatoms. The van der Waals surface area contributed by atoms with Gasteiger partial charge in [0.05, 0.1) is 0 Å². The van der Waals surface area contributed by atoms with E-state index >= 15 is 0 Å². The first-order chi connectivity index (χ1) is 7.19. The van der Waals surface area contributed by atoms with E-state index in [1.807, 2.05) is 6.92 Å². The number of hydrogen-bond donors (Lipinski definition) is 0. The molecule has 80 valence electrons. The van der Waals surface area contributed by atoms with Crippen LogP contribution in [-0.4, -0.2) is 0 Å². The summed E-state index contributed by atoms with van der Waals surface area (Å²) in [5, 5.41) is 0. The molecule has 0 aliphatic carbocycles. The minimum Gasteiger partial charge on any atom is -0.207 e. The molecule has 0 amide bonds. The first kappa shape index (κ1) is 11.7. The molecule has 0 spiro atoms. The Bertz CT molecular complexity index is 363. The highest BCUT2D eigenvalue weighted by molar-refractivity contribution is 5.24. The summed E-state index contributed by atoms with van der Waals surface area (Å²) >= 11 is 0. The minimum absolute atomic E-state index is 0.0734. The lowest BCUT2D eigenvalue weighted by molar-refractivity contribution is 0.541. The van der Waals surface area contributed by atoms with Gasteiger partial charge in [-0.05, 0) is 36.1 Å². The first-order valence-corrected chi connectivity index (χ1v) is 5.07. The van der Waals surface area contributed by atoms with Gasteiger partial charge < -0.3 is 0 Å². The number of hydrogen-bond acceptors (Lipinski definition) is 0. The van der Waals surface area contributed by atoms with E-state index in [-0.39, 0.29) is 11.7 Å². The minimum atomic E-state index is -0.412. The van der Waals surface area contributed by atoms with E-state index in [2.05, 4.69) is 5.92 Å². The SMILES string of the molecule is C#CCC(CCC)c1cc(F)ccc1F. The number of terminal acetylenes is 1. The largest absolute Gasteiger partial charge is 0.207 e. The molecular formula is C13H14F2. The van der Waals surface area contributed by atoms with Crippen molar-refractivity contribution in [1.29, 1.82) is 0 Å². The molecule has 1 aromatic rings. The van der Waals surface area contributed by atoms with E-state index in [0.29, 0.717) is 12.0 Å². The maximum absolute atomic E-state index is 13.4. The van der Waals surface area contributed by atoms with Crippen molar-refractivity contribution in [3.05, 3.63) is 35.4 Å². The Morgan fingerprint density at radius 1 is 1.40 bits per heavy atom. The second kappa shape index (κ2) is 5.50. The molecular weight excluding hydrogens is 194 g/mol. The Morgan fingerprint density at radius 2 is 2.13 bits per heavy atom. The van der Waals surface area contributed by atoms with Gasteiger partial charge in [-0.3, -0.25) is 0 Å². The Labute approximate surface area is 89.3 Å². The van der Waals surface area contributed by atoms with Crippen LogP contribution >= 0.6 is 0 Å². The monoisotopic (exact) mass is 208 g/mol. The molecule has 0 saturated heterocycles. The van der Waals surface area contributed by atoms with Crippen LogP contribution in [0.1, 0.15) is 37.7 Å². The van der Waals surface area contributed by atoms with Crippen LogP contribution in [0.3, 0.4) is 0 Å². The van der Waals surface area contributed by atoms with Gasteiger partial charge in [-0.15, -0.1) is 12.3 Å². The molecule has 0 radical (unpaired) electrons. The van der Waals surface area contributed by atoms with Crippen molar-refractivity contribution in [3.8, 4) is 12.3 Å². The van der Waals surface area contributed by atoms with E-state index in [1.54, 1.807) is 0 Å². The maximum Gasteiger partial charge on any atom is 0.126 e. The van der Waals surface area contributed by atoms with Gasteiger partial charge in [0.25, 0.3) is 0 Å². The lowest BCUT2D eigenvalue weighted by atomic mass is 9.91. The standard InChI is InChI=1S/C13H14F2/c1-3-5-10(6-4-2)12-9-11(14)7-8-13(12)15/h1,7-10H,4-6H2,2H3. The summed E-state index contributed by atoms with van der Waals surface area (Å²) in [4.78, 5) is 0. The number of benzene rings is 1. The fraction of sp³-hybridized carbons (Fsp3) is 0.385. The van der Waals surface area contributed by atoms with Crippen LogP contribution in [0, 0.1) is 24.0 Å². The van der Waals surface area contributed by atoms with Gasteiger partial charge in [0.1, 0.15) is 11.6 Å². The van der Waals surface area contributed by atoms with Gasteiger partial charge in [-0.25, -0.2) is 8.78 Å². The van der Waals surface area contributed by atoms with Crippen molar-refractivity contribution in [2.75, 3.05) is 0 Å². The molecule has 15 heavy (non-hydrogen) atoms. The molecule has 0 aliphatic heterocycles. The van der Waals surface area contributed by atoms with Gasteiger partial charge in [0, 0.05) is 6.42 Å². The Hall–Kier alpha value is -1.36. The second-order valence-electron chi connectivity index (χ2n) is 3.56. The molecule has 0 nitrogen and oxygen atoms in total. The van der Waals surface area contributed by atoms with Crippen LogP contribution in [0.2, 0.25) is 0 Å². The summed E-state index contributed by atoms with van der Waals surface area (Å²) in [5.74, 6) is 1.65. The van der Waals surface area contributed by atoms with Crippen molar-refractivity contribution in [2.24, 2.45) is 0 Å². The summed E-state index contributed by atoms with van der Waals surface area (Å²) in [6, 6.07) is 3.52. The quantitative estimate of drug-likeness (QED) is 0.659. The molecule has 0 fully saturated rings. The van der Waals surface area contributed by atoms with E-state index < -0.39 is 5.82 Å². The van der Waals surface area contributed by atoms with Crippen LogP contribution in [-0.2, 0) is 0 Å². The third-order valence-corrected chi connectivity index (χ3v) is 2.40. The van der Waals surface area contributed by atoms with Crippen LogP contribution < -0.4 is 0 Å². The van der Waals surface area contributed by atoms with Crippen LogP contribution in [0.25, 0.3) is 0 Å². The zero-order valence-corrected chi connectivity index (χ0v) is 8.76. The van der Waals surface area contributed by atoms with Gasteiger partial charge in [0.15, 0.2) is 0 Å². The van der Waals surface area contributed by atoms with Crippen molar-refractivity contribution in [1.82, 2.24) is 0 Å². The molecule has 0 aliphatic rings. The summed E-state index contributed by atoms with van der Waals surface area (Å²) in [6.07, 6.45) is 7.36. The predicted molar refractivity (Wildman–Crippen MR) is 57.5 cm³/mol. The molecule has 1 rings (SSSR count). The Balaban J connectivity index is 2.99.